The van der Waals surface area contributed by atoms with Gasteiger partial charge >= 0.3 is 5.97 Å². The minimum Gasteiger partial charge on any atom is -0.507 e. The van der Waals surface area contributed by atoms with Gasteiger partial charge in [-0.25, -0.2) is 0 Å². The van der Waals surface area contributed by atoms with Crippen molar-refractivity contribution >= 4 is 11.9 Å². The van der Waals surface area contributed by atoms with E-state index >= 15 is 0 Å². The maximum atomic E-state index is 12.3. The van der Waals surface area contributed by atoms with Gasteiger partial charge in [0.25, 0.3) is 11.5 Å². The standard InChI is InChI=1S/C14H18N2O5/c1-2-21-14(20)9-4-3-5-16(8-9)13(19)10-7-15-12(18)6-11(10)17/h6-7,9H,2-5,8H2,1H3,(H2,15,17,18). The number of rotatable bonds is 3. The van der Waals surface area contributed by atoms with E-state index < -0.39 is 11.5 Å². The number of amides is 1. The highest BCUT2D eigenvalue weighted by atomic mass is 16.5. The highest BCUT2D eigenvalue weighted by Crippen LogP contribution is 2.22. The number of H-pyrrole nitrogens is 1. The largest absolute Gasteiger partial charge is 0.507 e. The summed E-state index contributed by atoms with van der Waals surface area (Å²) in [5, 5.41) is 9.69. The molecule has 1 saturated heterocycles. The minimum atomic E-state index is -0.480. The van der Waals surface area contributed by atoms with Gasteiger partial charge in [0.05, 0.1) is 18.1 Å². The first-order valence-corrected chi connectivity index (χ1v) is 6.90. The van der Waals surface area contributed by atoms with Gasteiger partial charge < -0.3 is 19.7 Å². The number of hydrogen-bond donors (Lipinski definition) is 2. The molecule has 1 unspecified atom stereocenters. The first-order valence-electron chi connectivity index (χ1n) is 6.90. The molecule has 1 aliphatic rings. The molecule has 0 bridgehead atoms. The molecule has 2 heterocycles. The van der Waals surface area contributed by atoms with Crippen LogP contribution in [0.1, 0.15) is 30.1 Å². The van der Waals surface area contributed by atoms with Gasteiger partial charge in [-0.15, -0.1) is 0 Å². The van der Waals surface area contributed by atoms with Crippen molar-refractivity contribution < 1.29 is 19.4 Å². The fraction of sp³-hybridized carbons (Fsp3) is 0.500. The van der Waals surface area contributed by atoms with E-state index in [4.69, 9.17) is 4.74 Å². The lowest BCUT2D eigenvalue weighted by molar-refractivity contribution is -0.149. The number of aromatic amines is 1. The molecule has 21 heavy (non-hydrogen) atoms. The molecule has 1 atom stereocenters. The number of carbonyl (C=O) groups excluding carboxylic acids is 2. The number of carbonyl (C=O) groups is 2. The Morgan fingerprint density at radius 3 is 2.95 bits per heavy atom. The molecule has 1 aliphatic heterocycles. The lowest BCUT2D eigenvalue weighted by Crippen LogP contribution is -2.43. The second-order valence-corrected chi connectivity index (χ2v) is 4.94. The maximum absolute atomic E-state index is 12.3. The van der Waals surface area contributed by atoms with Gasteiger partial charge in [0.2, 0.25) is 0 Å². The third-order valence-electron chi connectivity index (χ3n) is 3.46. The van der Waals surface area contributed by atoms with Gasteiger partial charge in [0.1, 0.15) is 5.75 Å². The maximum Gasteiger partial charge on any atom is 0.310 e. The van der Waals surface area contributed by atoms with E-state index in [-0.39, 0.29) is 29.7 Å². The zero-order valence-electron chi connectivity index (χ0n) is 11.8. The topological polar surface area (TPSA) is 99.7 Å². The molecular formula is C14H18N2O5. The van der Waals surface area contributed by atoms with E-state index in [9.17, 15) is 19.5 Å². The van der Waals surface area contributed by atoms with Crippen LogP contribution in [0.15, 0.2) is 17.1 Å². The first kappa shape index (κ1) is 15.1. The Kier molecular flexibility index (Phi) is 4.62. The fourth-order valence-electron chi connectivity index (χ4n) is 2.42. The van der Waals surface area contributed by atoms with Crippen LogP contribution in [0.3, 0.4) is 0 Å². The zero-order chi connectivity index (χ0) is 15.4. The molecular weight excluding hydrogens is 276 g/mol. The van der Waals surface area contributed by atoms with Crippen LogP contribution in [-0.4, -0.2) is 46.6 Å². The number of nitrogens with zero attached hydrogens (tertiary/aromatic N) is 1. The summed E-state index contributed by atoms with van der Waals surface area (Å²) < 4.78 is 4.98. The van der Waals surface area contributed by atoms with Crippen LogP contribution < -0.4 is 5.56 Å². The quantitative estimate of drug-likeness (QED) is 0.791. The van der Waals surface area contributed by atoms with Crippen LogP contribution in [0.25, 0.3) is 0 Å². The fourth-order valence-corrected chi connectivity index (χ4v) is 2.42. The van der Waals surface area contributed by atoms with E-state index in [0.717, 1.165) is 6.07 Å². The molecule has 2 rings (SSSR count). The second-order valence-electron chi connectivity index (χ2n) is 4.94. The van der Waals surface area contributed by atoms with Crippen LogP contribution in [-0.2, 0) is 9.53 Å². The summed E-state index contributed by atoms with van der Waals surface area (Å²) in [6.07, 6.45) is 2.56. The molecule has 7 nitrogen and oxygen atoms in total. The van der Waals surface area contributed by atoms with Crippen molar-refractivity contribution in [3.05, 3.63) is 28.2 Å². The Morgan fingerprint density at radius 1 is 1.52 bits per heavy atom. The van der Waals surface area contributed by atoms with Crippen molar-refractivity contribution in [1.29, 1.82) is 0 Å². The third kappa shape index (κ3) is 3.42. The van der Waals surface area contributed by atoms with Gasteiger partial charge in [-0.1, -0.05) is 0 Å². The molecule has 1 aromatic heterocycles. The van der Waals surface area contributed by atoms with Crippen molar-refractivity contribution in [2.75, 3.05) is 19.7 Å². The van der Waals surface area contributed by atoms with Gasteiger partial charge in [0, 0.05) is 25.4 Å². The van der Waals surface area contributed by atoms with Crippen molar-refractivity contribution in [2.24, 2.45) is 5.92 Å². The number of likely N-dealkylation sites (tertiary alicyclic amines) is 1. The Balaban J connectivity index is 2.12. The molecule has 7 heteroatoms. The van der Waals surface area contributed by atoms with E-state index in [0.29, 0.717) is 26.0 Å². The number of ether oxygens (including phenoxy) is 1. The molecule has 0 aliphatic carbocycles. The SMILES string of the molecule is CCOC(=O)C1CCCN(C(=O)c2c[nH]c(=O)cc2O)C1. The van der Waals surface area contributed by atoms with Crippen LogP contribution >= 0.6 is 0 Å². The Bertz CT molecular complexity index is 595. The normalized spacial score (nSPS) is 18.3. The van der Waals surface area contributed by atoms with Crippen LogP contribution in [0, 0.1) is 5.92 Å². The average Bonchev–Trinajstić information content (AvgIpc) is 2.47. The highest BCUT2D eigenvalue weighted by molar-refractivity contribution is 5.96. The number of hydrogen-bond acceptors (Lipinski definition) is 5. The summed E-state index contributed by atoms with van der Waals surface area (Å²) in [5.74, 6) is -1.41. The van der Waals surface area contributed by atoms with Crippen molar-refractivity contribution in [2.45, 2.75) is 19.8 Å². The second kappa shape index (κ2) is 6.43. The van der Waals surface area contributed by atoms with Crippen molar-refractivity contribution in [3.63, 3.8) is 0 Å². The number of aromatic nitrogens is 1. The molecule has 1 amide bonds. The van der Waals surface area contributed by atoms with E-state index in [2.05, 4.69) is 4.98 Å². The molecule has 0 saturated carbocycles. The summed E-state index contributed by atoms with van der Waals surface area (Å²) in [7, 11) is 0. The highest BCUT2D eigenvalue weighted by Gasteiger charge is 2.30. The van der Waals surface area contributed by atoms with E-state index in [1.54, 1.807) is 6.92 Å². The summed E-state index contributed by atoms with van der Waals surface area (Å²) in [4.78, 5) is 39.0. The lowest BCUT2D eigenvalue weighted by Gasteiger charge is -2.31. The van der Waals surface area contributed by atoms with Gasteiger partial charge in [-0.3, -0.25) is 14.4 Å². The summed E-state index contributed by atoms with van der Waals surface area (Å²) in [5.41, 5.74) is -0.453. The Hall–Kier alpha value is -2.31. The van der Waals surface area contributed by atoms with Crippen LogP contribution in [0.5, 0.6) is 5.75 Å². The lowest BCUT2D eigenvalue weighted by atomic mass is 9.97. The molecule has 0 radical (unpaired) electrons. The molecule has 0 spiro atoms. The van der Waals surface area contributed by atoms with Gasteiger partial charge in [-0.05, 0) is 19.8 Å². The number of aromatic hydroxyl groups is 1. The molecule has 114 valence electrons. The Labute approximate surface area is 121 Å². The van der Waals surface area contributed by atoms with E-state index in [1.807, 2.05) is 0 Å². The molecule has 2 N–H and O–H groups in total. The first-order chi connectivity index (χ1) is 10.0. The monoisotopic (exact) mass is 294 g/mol. The Morgan fingerprint density at radius 2 is 2.29 bits per heavy atom. The smallest absolute Gasteiger partial charge is 0.310 e. The number of nitrogens with one attached hydrogen (secondary N) is 1. The third-order valence-corrected chi connectivity index (χ3v) is 3.46. The van der Waals surface area contributed by atoms with Crippen LogP contribution in [0.4, 0.5) is 0 Å². The van der Waals surface area contributed by atoms with Crippen molar-refractivity contribution in [1.82, 2.24) is 9.88 Å². The predicted molar refractivity (Wildman–Crippen MR) is 74.0 cm³/mol. The number of piperidine rings is 1. The minimum absolute atomic E-state index is 0.0270. The van der Waals surface area contributed by atoms with Gasteiger partial charge in [0.15, 0.2) is 0 Å². The average molecular weight is 294 g/mol. The molecule has 1 fully saturated rings. The summed E-state index contributed by atoms with van der Waals surface area (Å²) >= 11 is 0. The predicted octanol–water partition coefficient (Wildman–Crippen LogP) is 0.496. The van der Waals surface area contributed by atoms with Gasteiger partial charge in [-0.2, -0.15) is 0 Å². The van der Waals surface area contributed by atoms with Crippen LogP contribution in [0.2, 0.25) is 0 Å². The summed E-state index contributed by atoms with van der Waals surface area (Å²) in [6.45, 7) is 2.82. The number of esters is 1. The summed E-state index contributed by atoms with van der Waals surface area (Å²) in [6, 6.07) is 0.958. The van der Waals surface area contributed by atoms with E-state index in [1.165, 1.54) is 11.1 Å². The zero-order valence-corrected chi connectivity index (χ0v) is 11.8. The van der Waals surface area contributed by atoms with Crippen molar-refractivity contribution in [3.8, 4) is 5.75 Å². The molecule has 1 aromatic rings. The number of pyridine rings is 1. The molecule has 0 aromatic carbocycles.